The summed E-state index contributed by atoms with van der Waals surface area (Å²) in [5.74, 6) is -0.959. The number of aliphatic hydroxyl groups excluding tert-OH is 1. The summed E-state index contributed by atoms with van der Waals surface area (Å²) < 4.78 is 5.65. The van der Waals surface area contributed by atoms with Crippen molar-refractivity contribution in [3.05, 3.63) is 105 Å². The lowest BCUT2D eigenvalue weighted by atomic mass is 9.85. The molecule has 4 heterocycles. The van der Waals surface area contributed by atoms with Gasteiger partial charge in [-0.15, -0.1) is 11.3 Å². The standard InChI is InChI=1S/C59H77N11O8S/c1-36(2)66-48-28-43(27-45(46(48)30-60)56(75)64-33-47-38(4)25-37(3)26-50(47)72)42-13-14-51(62-32-42)69-21-19-68(20-22-69)18-17-61-52(73)15-23-78-24-16-53(74)67-55(59(6,7)8)58(77)70-34-44(71)29-49(70)57(76)63-31-40-9-11-41(12-10-40)54-39(5)65-35-79-54/h9-14,25,27-28,30,32,35-36,44,49,55,60,66,71H,15-24,26,29,31,33-34H2,1-8H3,(H,61,73)(H,63,76)(H,64,75)(H,67,74)/t44-,49+,55-/m1/s1. The quantitative estimate of drug-likeness (QED) is 0.0343. The Kier molecular flexibility index (Phi) is 20.5. The van der Waals surface area contributed by atoms with Gasteiger partial charge < -0.3 is 51.6 Å². The maximum absolute atomic E-state index is 14.0. The molecule has 3 atom stereocenters. The molecule has 2 aromatic carbocycles. The molecule has 79 heavy (non-hydrogen) atoms. The van der Waals surface area contributed by atoms with Gasteiger partial charge in [-0.3, -0.25) is 33.7 Å². The summed E-state index contributed by atoms with van der Waals surface area (Å²) in [7, 11) is 0. The number of hydrogen-bond acceptors (Lipinski definition) is 15. The van der Waals surface area contributed by atoms with Crippen molar-refractivity contribution in [1.29, 1.82) is 5.41 Å². The maximum Gasteiger partial charge on any atom is 0.252 e. The third-order valence-corrected chi connectivity index (χ3v) is 15.3. The minimum Gasteiger partial charge on any atom is -0.391 e. The highest BCUT2D eigenvalue weighted by Crippen LogP contribution is 2.32. The average molecular weight is 1100 g/mol. The summed E-state index contributed by atoms with van der Waals surface area (Å²) in [6.07, 6.45) is 4.56. The average Bonchev–Trinajstić information content (AvgIpc) is 4.03. The molecular formula is C59H77N11O8S. The fraction of sp³-hybridized carbons (Fsp3) is 0.475. The zero-order chi connectivity index (χ0) is 57.0. The Bertz CT molecular complexity index is 2920. The lowest BCUT2D eigenvalue weighted by Gasteiger charge is -2.35. The van der Waals surface area contributed by atoms with E-state index in [0.29, 0.717) is 41.9 Å². The summed E-state index contributed by atoms with van der Waals surface area (Å²) in [5.41, 5.74) is 9.39. The first-order chi connectivity index (χ1) is 37.7. The number of amides is 5. The predicted octanol–water partition coefficient (Wildman–Crippen LogP) is 5.81. The summed E-state index contributed by atoms with van der Waals surface area (Å²) in [4.78, 5) is 96.0. The van der Waals surface area contributed by atoms with Crippen LogP contribution in [0.5, 0.6) is 0 Å². The number of β-amino-alcohol motifs (C(OH)–C–C–N with tert-alkyl or cyclic N) is 1. The van der Waals surface area contributed by atoms with Gasteiger partial charge in [0.1, 0.15) is 17.9 Å². The van der Waals surface area contributed by atoms with E-state index < -0.39 is 35.4 Å². The van der Waals surface area contributed by atoms with Crippen LogP contribution in [0.2, 0.25) is 0 Å². The van der Waals surface area contributed by atoms with Crippen LogP contribution in [0.25, 0.3) is 21.6 Å². The second kappa shape index (κ2) is 27.2. The van der Waals surface area contributed by atoms with Gasteiger partial charge in [0.15, 0.2) is 5.78 Å². The van der Waals surface area contributed by atoms with Crippen LogP contribution >= 0.6 is 11.3 Å². The van der Waals surface area contributed by atoms with Gasteiger partial charge in [-0.25, -0.2) is 9.97 Å². The van der Waals surface area contributed by atoms with Crippen molar-refractivity contribution in [2.45, 2.75) is 112 Å². The van der Waals surface area contributed by atoms with E-state index in [4.69, 9.17) is 15.1 Å². The monoisotopic (exact) mass is 1100 g/mol. The van der Waals surface area contributed by atoms with E-state index in [-0.39, 0.29) is 81.7 Å². The van der Waals surface area contributed by atoms with Crippen LogP contribution in [-0.4, -0.2) is 156 Å². The first kappa shape index (κ1) is 59.5. The van der Waals surface area contributed by atoms with E-state index in [0.717, 1.165) is 76.0 Å². The fourth-order valence-corrected chi connectivity index (χ4v) is 10.8. The predicted molar refractivity (Wildman–Crippen MR) is 308 cm³/mol. The Morgan fingerprint density at radius 1 is 0.886 bits per heavy atom. The minimum absolute atomic E-state index is 0.000718. The molecule has 20 heteroatoms. The van der Waals surface area contributed by atoms with Gasteiger partial charge in [0, 0.05) is 125 Å². The van der Waals surface area contributed by atoms with Crippen LogP contribution in [0.3, 0.4) is 0 Å². The molecule has 7 rings (SSSR count). The third-order valence-electron chi connectivity index (χ3n) is 14.3. The number of aliphatic hydroxyl groups is 1. The second-order valence-electron chi connectivity index (χ2n) is 22.0. The topological polar surface area (TPSA) is 251 Å². The Morgan fingerprint density at radius 3 is 2.23 bits per heavy atom. The molecule has 7 N–H and O–H groups in total. The largest absolute Gasteiger partial charge is 0.391 e. The van der Waals surface area contributed by atoms with Crippen molar-refractivity contribution >= 4 is 64.4 Å². The molecule has 0 unspecified atom stereocenters. The van der Waals surface area contributed by atoms with Crippen LogP contribution in [0.1, 0.15) is 101 Å². The number of ketones is 1. The molecule has 2 aromatic heterocycles. The number of hydrogen-bond donors (Lipinski definition) is 7. The van der Waals surface area contributed by atoms with E-state index in [2.05, 4.69) is 41.4 Å². The molecule has 2 fully saturated rings. The number of nitrogens with one attached hydrogen (secondary N) is 6. The van der Waals surface area contributed by atoms with Gasteiger partial charge in [-0.2, -0.15) is 0 Å². The molecule has 2 saturated heterocycles. The number of rotatable bonds is 23. The molecule has 0 spiro atoms. The van der Waals surface area contributed by atoms with Crippen LogP contribution < -0.4 is 31.5 Å². The first-order valence-corrected chi connectivity index (χ1v) is 28.0. The Balaban J connectivity index is 0.805. The zero-order valence-corrected chi connectivity index (χ0v) is 47.6. The first-order valence-electron chi connectivity index (χ1n) is 27.2. The minimum atomic E-state index is -0.971. The second-order valence-corrected chi connectivity index (χ2v) is 22.9. The van der Waals surface area contributed by atoms with Crippen molar-refractivity contribution in [3.63, 3.8) is 0 Å². The van der Waals surface area contributed by atoms with Crippen LogP contribution in [0.4, 0.5) is 11.5 Å². The number of anilines is 2. The number of pyridine rings is 1. The molecule has 5 amide bonds. The summed E-state index contributed by atoms with van der Waals surface area (Å²) >= 11 is 1.57. The van der Waals surface area contributed by atoms with Gasteiger partial charge in [0.2, 0.25) is 23.6 Å². The van der Waals surface area contributed by atoms with Gasteiger partial charge in [-0.05, 0) is 86.6 Å². The Morgan fingerprint density at radius 2 is 1.59 bits per heavy atom. The van der Waals surface area contributed by atoms with Gasteiger partial charge in [-0.1, -0.05) is 56.7 Å². The lowest BCUT2D eigenvalue weighted by Crippen LogP contribution is -2.57. The maximum atomic E-state index is 14.0. The molecule has 3 aliphatic rings. The molecule has 0 saturated carbocycles. The van der Waals surface area contributed by atoms with Crippen molar-refractivity contribution in [1.82, 2.24) is 41.0 Å². The van der Waals surface area contributed by atoms with Crippen LogP contribution in [0, 0.1) is 17.7 Å². The summed E-state index contributed by atoms with van der Waals surface area (Å²) in [5, 5.41) is 33.9. The number of benzene rings is 2. The Hall–Kier alpha value is -7.13. The smallest absolute Gasteiger partial charge is 0.252 e. The highest BCUT2D eigenvalue weighted by atomic mass is 32.1. The molecule has 4 aromatic rings. The number of nitrogens with zero attached hydrogens (tertiary/aromatic N) is 5. The number of aryl methyl sites for hydroxylation is 1. The number of Topliss-reactive ketones (excluding diaryl/α,β-unsaturated/α-hetero) is 1. The van der Waals surface area contributed by atoms with Gasteiger partial charge in [0.25, 0.3) is 5.91 Å². The number of allylic oxidation sites excluding steroid dienone is 3. The number of ether oxygens (including phenoxy) is 1. The fourth-order valence-electron chi connectivity index (χ4n) is 10.0. The lowest BCUT2D eigenvalue weighted by molar-refractivity contribution is -0.144. The van der Waals surface area contributed by atoms with Crippen LogP contribution in [0.15, 0.2) is 83.0 Å². The van der Waals surface area contributed by atoms with Gasteiger partial charge >= 0.3 is 0 Å². The van der Waals surface area contributed by atoms with E-state index >= 15 is 0 Å². The SMILES string of the molecule is CC1=CC(C)=C(CNC(=O)c2cc(-c3ccc(N4CCN(CCNC(=O)CCOCCC(=O)N[C@H](C(=O)N5C[C@H](O)C[C@H]5C(=O)NCc5ccc(-c6scnc6C)cc5)C(C)(C)C)CC4)nc3)cc(NC(C)C)c2C=N)C(=O)C1. The number of aromatic nitrogens is 2. The van der Waals surface area contributed by atoms with E-state index in [1.165, 1.54) is 11.1 Å². The highest BCUT2D eigenvalue weighted by molar-refractivity contribution is 7.13. The molecule has 422 valence electrons. The molecular weight excluding hydrogens is 1020 g/mol. The summed E-state index contributed by atoms with van der Waals surface area (Å²) in [6, 6.07) is 13.7. The molecule has 2 aliphatic heterocycles. The number of thiazole rings is 1. The van der Waals surface area contributed by atoms with Crippen molar-refractivity contribution < 1.29 is 38.6 Å². The highest BCUT2D eigenvalue weighted by Gasteiger charge is 2.44. The molecule has 19 nitrogen and oxygen atoms in total. The number of likely N-dealkylation sites (tertiary alicyclic amines) is 1. The number of carbonyl (C=O) groups is 6. The van der Waals surface area contributed by atoms with Crippen molar-refractivity contribution in [3.8, 4) is 21.6 Å². The summed E-state index contributed by atoms with van der Waals surface area (Å²) in [6.45, 7) is 19.9. The number of carbonyl (C=O) groups excluding carboxylic acids is 6. The molecule has 1 aliphatic carbocycles. The van der Waals surface area contributed by atoms with Crippen LogP contribution in [-0.2, 0) is 35.3 Å². The zero-order valence-electron chi connectivity index (χ0n) is 46.8. The molecule has 0 radical (unpaired) electrons. The Labute approximate surface area is 467 Å². The normalized spacial score (nSPS) is 17.3. The van der Waals surface area contributed by atoms with Crippen molar-refractivity contribution in [2.24, 2.45) is 5.41 Å². The van der Waals surface area contributed by atoms with E-state index in [1.807, 2.05) is 109 Å². The van der Waals surface area contributed by atoms with Gasteiger partial charge in [0.05, 0.1) is 41.0 Å². The third kappa shape index (κ3) is 16.0. The molecule has 0 bridgehead atoms. The van der Waals surface area contributed by atoms with E-state index in [9.17, 15) is 33.9 Å². The van der Waals surface area contributed by atoms with Crippen molar-refractivity contribution in [2.75, 3.05) is 75.8 Å². The number of piperazine rings is 1. The van der Waals surface area contributed by atoms with E-state index in [1.54, 1.807) is 23.6 Å².